The molecule has 0 radical (unpaired) electrons. The van der Waals surface area contributed by atoms with E-state index in [1.54, 1.807) is 19.9 Å². The van der Waals surface area contributed by atoms with Gasteiger partial charge in [0, 0.05) is 26.2 Å². The second-order valence-corrected chi connectivity index (χ2v) is 8.19. The molecule has 1 atom stereocenters. The van der Waals surface area contributed by atoms with Crippen LogP contribution in [0.4, 0.5) is 0 Å². The molecule has 0 bridgehead atoms. The Morgan fingerprint density at radius 1 is 1.36 bits per heavy atom. The van der Waals surface area contributed by atoms with Crippen molar-refractivity contribution in [3.8, 4) is 0 Å². The molecule has 0 saturated carbocycles. The SMILES string of the molecule is CN(C)CCN(C[C@@H]1CCCO1)C(=O)C(C)(C)NC(=O)c1cccs1. The maximum absolute atomic E-state index is 13.1. The summed E-state index contributed by atoms with van der Waals surface area (Å²) in [6.07, 6.45) is 2.11. The van der Waals surface area contributed by atoms with Gasteiger partial charge in [-0.1, -0.05) is 6.07 Å². The number of rotatable bonds is 8. The van der Waals surface area contributed by atoms with E-state index in [4.69, 9.17) is 4.74 Å². The van der Waals surface area contributed by atoms with E-state index >= 15 is 0 Å². The van der Waals surface area contributed by atoms with E-state index < -0.39 is 5.54 Å². The zero-order chi connectivity index (χ0) is 18.4. The second kappa shape index (κ2) is 8.78. The molecule has 7 heteroatoms. The molecule has 25 heavy (non-hydrogen) atoms. The van der Waals surface area contributed by atoms with E-state index in [9.17, 15) is 9.59 Å². The molecular formula is C18H29N3O3S. The Hall–Kier alpha value is -1.44. The molecule has 1 N–H and O–H groups in total. The van der Waals surface area contributed by atoms with Crippen LogP contribution in [0.1, 0.15) is 36.4 Å². The first kappa shape index (κ1) is 19.9. The highest BCUT2D eigenvalue weighted by atomic mass is 32.1. The van der Waals surface area contributed by atoms with Crippen molar-refractivity contribution in [3.05, 3.63) is 22.4 Å². The largest absolute Gasteiger partial charge is 0.376 e. The molecule has 0 aromatic carbocycles. The number of ether oxygens (including phenoxy) is 1. The monoisotopic (exact) mass is 367 g/mol. The molecule has 2 rings (SSSR count). The van der Waals surface area contributed by atoms with Gasteiger partial charge in [0.05, 0.1) is 11.0 Å². The Balaban J connectivity index is 2.04. The fraction of sp³-hybridized carbons (Fsp3) is 0.667. The molecule has 1 aliphatic rings. The number of amides is 2. The van der Waals surface area contributed by atoms with Crippen molar-refractivity contribution in [2.24, 2.45) is 0 Å². The zero-order valence-corrected chi connectivity index (χ0v) is 16.4. The average Bonchev–Trinajstić information content (AvgIpc) is 3.23. The lowest BCUT2D eigenvalue weighted by Gasteiger charge is -2.34. The van der Waals surface area contributed by atoms with Crippen LogP contribution in [0.25, 0.3) is 0 Å². The van der Waals surface area contributed by atoms with Crippen molar-refractivity contribution in [1.82, 2.24) is 15.1 Å². The van der Waals surface area contributed by atoms with Gasteiger partial charge < -0.3 is 19.9 Å². The van der Waals surface area contributed by atoms with Crippen molar-refractivity contribution < 1.29 is 14.3 Å². The van der Waals surface area contributed by atoms with Gasteiger partial charge in [-0.3, -0.25) is 9.59 Å². The van der Waals surface area contributed by atoms with Crippen LogP contribution in [0.2, 0.25) is 0 Å². The van der Waals surface area contributed by atoms with Gasteiger partial charge in [0.25, 0.3) is 5.91 Å². The molecular weight excluding hydrogens is 338 g/mol. The molecule has 0 spiro atoms. The predicted molar refractivity (Wildman–Crippen MR) is 100.0 cm³/mol. The molecule has 1 saturated heterocycles. The van der Waals surface area contributed by atoms with Crippen molar-refractivity contribution in [2.75, 3.05) is 40.3 Å². The Morgan fingerprint density at radius 3 is 2.68 bits per heavy atom. The Bertz CT molecular complexity index is 566. The van der Waals surface area contributed by atoms with E-state index in [-0.39, 0.29) is 17.9 Å². The summed E-state index contributed by atoms with van der Waals surface area (Å²) in [6, 6.07) is 3.59. The van der Waals surface area contributed by atoms with Gasteiger partial charge in [-0.05, 0) is 52.2 Å². The van der Waals surface area contributed by atoms with Crippen LogP contribution in [0, 0.1) is 0 Å². The lowest BCUT2D eigenvalue weighted by atomic mass is 10.0. The van der Waals surface area contributed by atoms with Crippen LogP contribution < -0.4 is 5.32 Å². The Labute approximate surface area is 154 Å². The van der Waals surface area contributed by atoms with E-state index in [0.29, 0.717) is 18.0 Å². The number of likely N-dealkylation sites (N-methyl/N-ethyl adjacent to an activating group) is 1. The summed E-state index contributed by atoms with van der Waals surface area (Å²) in [5.74, 6) is -0.284. The molecule has 0 unspecified atom stereocenters. The standard InChI is InChI=1S/C18H29N3O3S/c1-18(2,19-16(22)15-8-6-12-25-15)17(23)21(10-9-20(3)4)13-14-7-5-11-24-14/h6,8,12,14H,5,7,9-11,13H2,1-4H3,(H,19,22)/t14-/m0/s1. The van der Waals surface area contributed by atoms with Crippen molar-refractivity contribution in [2.45, 2.75) is 38.3 Å². The minimum atomic E-state index is -0.966. The topological polar surface area (TPSA) is 61.9 Å². The molecule has 0 aliphatic carbocycles. The number of carbonyl (C=O) groups excluding carboxylic acids is 2. The molecule has 1 aromatic rings. The van der Waals surface area contributed by atoms with Gasteiger partial charge in [0.2, 0.25) is 5.91 Å². The van der Waals surface area contributed by atoms with Crippen molar-refractivity contribution in [3.63, 3.8) is 0 Å². The number of thiophene rings is 1. The zero-order valence-electron chi connectivity index (χ0n) is 15.6. The molecule has 1 fully saturated rings. The van der Waals surface area contributed by atoms with E-state index in [1.165, 1.54) is 11.3 Å². The molecule has 2 amide bonds. The van der Waals surface area contributed by atoms with Gasteiger partial charge in [0.15, 0.2) is 0 Å². The summed E-state index contributed by atoms with van der Waals surface area (Å²) in [6.45, 7) is 6.25. The summed E-state index contributed by atoms with van der Waals surface area (Å²) in [5.41, 5.74) is -0.966. The number of nitrogens with one attached hydrogen (secondary N) is 1. The second-order valence-electron chi connectivity index (χ2n) is 7.25. The normalized spacial score (nSPS) is 17.7. The predicted octanol–water partition coefficient (Wildman–Crippen LogP) is 1.83. The number of hydrogen-bond donors (Lipinski definition) is 1. The van der Waals surface area contributed by atoms with Crippen molar-refractivity contribution >= 4 is 23.2 Å². The number of nitrogens with zero attached hydrogens (tertiary/aromatic N) is 2. The Kier molecular flexibility index (Phi) is 6.98. The maximum atomic E-state index is 13.1. The van der Waals surface area contributed by atoms with Gasteiger partial charge in [-0.15, -0.1) is 11.3 Å². The summed E-state index contributed by atoms with van der Waals surface area (Å²) in [5, 5.41) is 4.73. The van der Waals surface area contributed by atoms with E-state index in [1.807, 2.05) is 35.3 Å². The maximum Gasteiger partial charge on any atom is 0.262 e. The summed E-state index contributed by atoms with van der Waals surface area (Å²) >= 11 is 1.37. The smallest absolute Gasteiger partial charge is 0.262 e. The highest BCUT2D eigenvalue weighted by Gasteiger charge is 2.35. The van der Waals surface area contributed by atoms with E-state index in [0.717, 1.165) is 26.0 Å². The van der Waals surface area contributed by atoms with Gasteiger partial charge >= 0.3 is 0 Å². The first-order valence-electron chi connectivity index (χ1n) is 8.71. The van der Waals surface area contributed by atoms with Crippen LogP contribution in [0.3, 0.4) is 0 Å². The van der Waals surface area contributed by atoms with Crippen LogP contribution in [0.15, 0.2) is 17.5 Å². The van der Waals surface area contributed by atoms with Crippen LogP contribution in [0.5, 0.6) is 0 Å². The van der Waals surface area contributed by atoms with Crippen LogP contribution in [-0.4, -0.2) is 73.6 Å². The summed E-state index contributed by atoms with van der Waals surface area (Å²) in [4.78, 5) is 29.9. The first-order valence-corrected chi connectivity index (χ1v) is 9.59. The molecule has 6 nitrogen and oxygen atoms in total. The highest BCUT2D eigenvalue weighted by molar-refractivity contribution is 7.12. The number of carbonyl (C=O) groups is 2. The third-order valence-electron chi connectivity index (χ3n) is 4.26. The van der Waals surface area contributed by atoms with Crippen LogP contribution >= 0.6 is 11.3 Å². The summed E-state index contributed by atoms with van der Waals surface area (Å²) in [7, 11) is 3.97. The fourth-order valence-corrected chi connectivity index (χ4v) is 3.45. The third kappa shape index (κ3) is 5.80. The third-order valence-corrected chi connectivity index (χ3v) is 5.13. The molecule has 1 aromatic heterocycles. The van der Waals surface area contributed by atoms with Crippen LogP contribution in [-0.2, 0) is 9.53 Å². The van der Waals surface area contributed by atoms with Gasteiger partial charge in [-0.25, -0.2) is 0 Å². The molecule has 140 valence electrons. The van der Waals surface area contributed by atoms with Crippen molar-refractivity contribution in [1.29, 1.82) is 0 Å². The fourth-order valence-electron chi connectivity index (χ4n) is 2.83. The highest BCUT2D eigenvalue weighted by Crippen LogP contribution is 2.17. The minimum absolute atomic E-state index is 0.0743. The number of hydrogen-bond acceptors (Lipinski definition) is 5. The minimum Gasteiger partial charge on any atom is -0.376 e. The quantitative estimate of drug-likeness (QED) is 0.761. The lowest BCUT2D eigenvalue weighted by Crippen LogP contribution is -2.57. The summed E-state index contributed by atoms with van der Waals surface area (Å²) < 4.78 is 5.70. The van der Waals surface area contributed by atoms with Gasteiger partial charge in [-0.2, -0.15) is 0 Å². The molecule has 2 heterocycles. The lowest BCUT2D eigenvalue weighted by molar-refractivity contribution is -0.138. The first-order chi connectivity index (χ1) is 11.8. The molecule has 1 aliphatic heterocycles. The Morgan fingerprint density at radius 2 is 2.12 bits per heavy atom. The average molecular weight is 368 g/mol. The van der Waals surface area contributed by atoms with E-state index in [2.05, 4.69) is 5.32 Å². The van der Waals surface area contributed by atoms with Gasteiger partial charge in [0.1, 0.15) is 5.54 Å².